The van der Waals surface area contributed by atoms with Gasteiger partial charge in [-0.2, -0.15) is 0 Å². The van der Waals surface area contributed by atoms with Gasteiger partial charge in [-0.15, -0.1) is 21.5 Å². The molecule has 0 aliphatic heterocycles. The highest BCUT2D eigenvalue weighted by Gasteiger charge is 2.08. The number of nitrogens with zero attached hydrogens (tertiary/aromatic N) is 2. The summed E-state index contributed by atoms with van der Waals surface area (Å²) in [5, 5.41) is 7.72. The third kappa shape index (κ3) is 1.91. The van der Waals surface area contributed by atoms with Gasteiger partial charge in [-0.1, -0.05) is 6.92 Å². The molecule has 2 aromatic heterocycles. The third-order valence-electron chi connectivity index (χ3n) is 1.62. The second-order valence-corrected chi connectivity index (χ2v) is 4.57. The standard InChI is InChI=1S/C8H7IN2OS/c1-2-5-3-4-6(13-5)7-10-11-8(9)12-7/h3-4H,2H2,1H3. The second kappa shape index (κ2) is 3.75. The summed E-state index contributed by atoms with van der Waals surface area (Å²) in [6, 6.07) is 4.12. The first-order valence-corrected chi connectivity index (χ1v) is 5.77. The molecule has 0 fully saturated rings. The monoisotopic (exact) mass is 306 g/mol. The van der Waals surface area contributed by atoms with Crippen LogP contribution in [0.3, 0.4) is 0 Å². The molecule has 3 nitrogen and oxygen atoms in total. The van der Waals surface area contributed by atoms with Gasteiger partial charge in [0.05, 0.1) is 4.88 Å². The van der Waals surface area contributed by atoms with Crippen molar-refractivity contribution in [3.63, 3.8) is 0 Å². The van der Waals surface area contributed by atoms with E-state index in [1.165, 1.54) is 4.88 Å². The average Bonchev–Trinajstić information content (AvgIpc) is 2.71. The Bertz CT molecular complexity index is 410. The molecule has 0 unspecified atom stereocenters. The van der Waals surface area contributed by atoms with E-state index in [1.807, 2.05) is 28.7 Å². The van der Waals surface area contributed by atoms with Crippen LogP contribution in [-0.2, 0) is 6.42 Å². The van der Waals surface area contributed by atoms with Crippen molar-refractivity contribution in [2.75, 3.05) is 0 Å². The lowest BCUT2D eigenvalue weighted by atomic mass is 10.4. The van der Waals surface area contributed by atoms with Gasteiger partial charge in [0.1, 0.15) is 0 Å². The van der Waals surface area contributed by atoms with Crippen LogP contribution < -0.4 is 0 Å². The van der Waals surface area contributed by atoms with E-state index >= 15 is 0 Å². The Hall–Kier alpha value is -0.430. The summed E-state index contributed by atoms with van der Waals surface area (Å²) in [6.07, 6.45) is 1.05. The molecular weight excluding hydrogens is 299 g/mol. The highest BCUT2D eigenvalue weighted by molar-refractivity contribution is 14.1. The lowest BCUT2D eigenvalue weighted by Gasteiger charge is -1.85. The lowest BCUT2D eigenvalue weighted by molar-refractivity contribution is 0.538. The van der Waals surface area contributed by atoms with E-state index in [2.05, 4.69) is 23.2 Å². The molecule has 5 heteroatoms. The molecule has 0 aliphatic rings. The van der Waals surface area contributed by atoms with Gasteiger partial charge in [0.25, 0.3) is 9.79 Å². The van der Waals surface area contributed by atoms with E-state index < -0.39 is 0 Å². The van der Waals surface area contributed by atoms with E-state index in [4.69, 9.17) is 4.42 Å². The minimum atomic E-state index is 0.582. The van der Waals surface area contributed by atoms with Crippen LogP contribution >= 0.6 is 33.9 Å². The molecule has 0 aromatic carbocycles. The molecule has 0 amide bonds. The number of rotatable bonds is 2. The van der Waals surface area contributed by atoms with Gasteiger partial charge < -0.3 is 4.42 Å². The molecule has 0 N–H and O–H groups in total. The fourth-order valence-corrected chi connectivity index (χ4v) is 2.17. The predicted molar refractivity (Wildman–Crippen MR) is 59.7 cm³/mol. The van der Waals surface area contributed by atoms with Crippen molar-refractivity contribution in [2.45, 2.75) is 13.3 Å². The van der Waals surface area contributed by atoms with Crippen LogP contribution in [0.5, 0.6) is 0 Å². The summed E-state index contributed by atoms with van der Waals surface area (Å²) >= 11 is 3.71. The van der Waals surface area contributed by atoms with Crippen molar-refractivity contribution in [3.05, 3.63) is 20.9 Å². The minimum absolute atomic E-state index is 0.582. The largest absolute Gasteiger partial charge is 0.411 e. The third-order valence-corrected chi connectivity index (χ3v) is 3.27. The summed E-state index contributed by atoms with van der Waals surface area (Å²) in [6.45, 7) is 2.13. The first-order valence-electron chi connectivity index (χ1n) is 3.87. The summed E-state index contributed by atoms with van der Waals surface area (Å²) in [5.41, 5.74) is 0. The van der Waals surface area contributed by atoms with Gasteiger partial charge in [-0.3, -0.25) is 0 Å². The first kappa shape index (κ1) is 9.14. The maximum absolute atomic E-state index is 5.30. The van der Waals surface area contributed by atoms with Gasteiger partial charge in [0, 0.05) is 27.5 Å². The van der Waals surface area contributed by atoms with Gasteiger partial charge >= 0.3 is 0 Å². The fourth-order valence-electron chi connectivity index (χ4n) is 0.988. The SMILES string of the molecule is CCc1ccc(-c2nnc(I)o2)s1. The molecular formula is C8H7IN2OS. The van der Waals surface area contributed by atoms with Crippen molar-refractivity contribution in [2.24, 2.45) is 0 Å². The van der Waals surface area contributed by atoms with Crippen LogP contribution in [0.4, 0.5) is 0 Å². The zero-order valence-electron chi connectivity index (χ0n) is 6.95. The Morgan fingerprint density at radius 1 is 1.46 bits per heavy atom. The zero-order valence-corrected chi connectivity index (χ0v) is 9.92. The van der Waals surface area contributed by atoms with Gasteiger partial charge in [-0.05, 0) is 18.6 Å². The smallest absolute Gasteiger partial charge is 0.278 e. The predicted octanol–water partition coefficient (Wildman–Crippen LogP) is 2.97. The van der Waals surface area contributed by atoms with Crippen LogP contribution in [0, 0.1) is 3.90 Å². The van der Waals surface area contributed by atoms with Crippen LogP contribution in [0.15, 0.2) is 16.5 Å². The number of hydrogen-bond donors (Lipinski definition) is 0. The number of aromatic nitrogens is 2. The molecule has 0 saturated heterocycles. The molecule has 0 spiro atoms. The second-order valence-electron chi connectivity index (χ2n) is 2.48. The molecule has 0 aliphatic carbocycles. The Balaban J connectivity index is 2.35. The molecule has 68 valence electrons. The van der Waals surface area contributed by atoms with Gasteiger partial charge in [0.2, 0.25) is 0 Å². The van der Waals surface area contributed by atoms with E-state index in [0.29, 0.717) is 9.79 Å². The van der Waals surface area contributed by atoms with Crippen LogP contribution in [-0.4, -0.2) is 10.2 Å². The molecule has 2 aromatic rings. The Kier molecular flexibility index (Phi) is 2.63. The first-order chi connectivity index (χ1) is 6.29. The summed E-state index contributed by atoms with van der Waals surface area (Å²) < 4.78 is 5.88. The molecule has 13 heavy (non-hydrogen) atoms. The van der Waals surface area contributed by atoms with Gasteiger partial charge in [-0.25, -0.2) is 0 Å². The number of hydrogen-bond acceptors (Lipinski definition) is 4. The quantitative estimate of drug-likeness (QED) is 0.801. The van der Waals surface area contributed by atoms with Crippen molar-refractivity contribution in [3.8, 4) is 10.8 Å². The number of aryl methyl sites for hydroxylation is 1. The summed E-state index contributed by atoms with van der Waals surface area (Å²) in [7, 11) is 0. The summed E-state index contributed by atoms with van der Waals surface area (Å²) in [5.74, 6) is 0.620. The highest BCUT2D eigenvalue weighted by atomic mass is 127. The Morgan fingerprint density at radius 3 is 2.85 bits per heavy atom. The van der Waals surface area contributed by atoms with Crippen molar-refractivity contribution < 1.29 is 4.42 Å². The maximum atomic E-state index is 5.30. The molecule has 2 heterocycles. The van der Waals surface area contributed by atoms with E-state index in [9.17, 15) is 0 Å². The molecule has 0 atom stereocenters. The van der Waals surface area contributed by atoms with Crippen molar-refractivity contribution in [1.29, 1.82) is 0 Å². The molecule has 0 bridgehead atoms. The van der Waals surface area contributed by atoms with E-state index in [-0.39, 0.29) is 0 Å². The average molecular weight is 306 g/mol. The zero-order chi connectivity index (χ0) is 9.26. The Morgan fingerprint density at radius 2 is 2.31 bits per heavy atom. The minimum Gasteiger partial charge on any atom is -0.411 e. The van der Waals surface area contributed by atoms with Crippen molar-refractivity contribution in [1.82, 2.24) is 10.2 Å². The normalized spacial score (nSPS) is 10.6. The van der Waals surface area contributed by atoms with Crippen LogP contribution in [0.2, 0.25) is 0 Å². The molecule has 2 rings (SSSR count). The topological polar surface area (TPSA) is 38.9 Å². The van der Waals surface area contributed by atoms with Crippen molar-refractivity contribution >= 4 is 33.9 Å². The summed E-state index contributed by atoms with van der Waals surface area (Å²) in [4.78, 5) is 2.38. The molecule has 0 saturated carbocycles. The van der Waals surface area contributed by atoms with Crippen LogP contribution in [0.25, 0.3) is 10.8 Å². The van der Waals surface area contributed by atoms with Gasteiger partial charge in [0.15, 0.2) is 0 Å². The van der Waals surface area contributed by atoms with Crippen LogP contribution in [0.1, 0.15) is 11.8 Å². The number of thiophene rings is 1. The lowest BCUT2D eigenvalue weighted by Crippen LogP contribution is -1.70. The highest BCUT2D eigenvalue weighted by Crippen LogP contribution is 2.27. The number of halogens is 1. The van der Waals surface area contributed by atoms with E-state index in [0.717, 1.165) is 11.3 Å². The fraction of sp³-hybridized carbons (Fsp3) is 0.250. The molecule has 0 radical (unpaired) electrons. The Labute approximate surface area is 93.3 Å². The van der Waals surface area contributed by atoms with E-state index in [1.54, 1.807) is 11.3 Å². The maximum Gasteiger partial charge on any atom is 0.278 e.